The third-order valence-electron chi connectivity index (χ3n) is 2.22. The Morgan fingerprint density at radius 2 is 1.94 bits per heavy atom. The van der Waals surface area contributed by atoms with E-state index in [-0.39, 0.29) is 0 Å². The van der Waals surface area contributed by atoms with Crippen LogP contribution in [0, 0.1) is 6.92 Å². The van der Waals surface area contributed by atoms with Crippen LogP contribution in [0.15, 0.2) is 47.7 Å². The summed E-state index contributed by atoms with van der Waals surface area (Å²) in [5, 5.41) is 0. The first-order valence-electron chi connectivity index (χ1n) is 5.19. The number of benzene rings is 1. The molecule has 0 unspecified atom stereocenters. The van der Waals surface area contributed by atoms with Crippen LogP contribution in [-0.4, -0.2) is 13.3 Å². The maximum Gasteiger partial charge on any atom is 0.144 e. The molecule has 1 aromatic rings. The first-order valence-corrected chi connectivity index (χ1v) is 5.19. The minimum absolute atomic E-state index is 0.682. The highest BCUT2D eigenvalue weighted by Crippen LogP contribution is 2.21. The van der Waals surface area contributed by atoms with Gasteiger partial charge in [0.15, 0.2) is 0 Å². The Morgan fingerprint density at radius 3 is 2.38 bits per heavy atom. The molecule has 0 spiro atoms. The molecule has 0 saturated heterocycles. The zero-order valence-corrected chi connectivity index (χ0v) is 10.0. The summed E-state index contributed by atoms with van der Waals surface area (Å²) in [6, 6.07) is 8.16. The molecule has 0 radical (unpaired) electrons. The third-order valence-corrected chi connectivity index (χ3v) is 2.22. The molecule has 0 fully saturated rings. The summed E-state index contributed by atoms with van der Waals surface area (Å²) in [5.74, 6) is 0.682. The predicted octanol–water partition coefficient (Wildman–Crippen LogP) is 3.59. The van der Waals surface area contributed by atoms with Gasteiger partial charge in [-0.3, -0.25) is 4.99 Å². The maximum atomic E-state index is 5.25. The molecule has 1 rings (SSSR count). The lowest BCUT2D eigenvalue weighted by molar-refractivity contribution is 0.308. The third kappa shape index (κ3) is 2.83. The highest BCUT2D eigenvalue weighted by atomic mass is 16.5. The van der Waals surface area contributed by atoms with Crippen molar-refractivity contribution in [3.8, 4) is 0 Å². The fourth-order valence-corrected chi connectivity index (χ4v) is 1.40. The summed E-state index contributed by atoms with van der Waals surface area (Å²) in [7, 11) is 1.62. The molecule has 0 atom stereocenters. The standard InChI is InChI=1S/C14H17NO/c1-5-13(16-4)14(15-6-2)12-9-7-11(3)8-10-12/h5-10H,1H2,2-4H3. The van der Waals surface area contributed by atoms with Gasteiger partial charge in [-0.15, -0.1) is 0 Å². The van der Waals surface area contributed by atoms with Gasteiger partial charge in [0.2, 0.25) is 0 Å². The van der Waals surface area contributed by atoms with E-state index in [0.717, 1.165) is 11.3 Å². The van der Waals surface area contributed by atoms with Crippen molar-refractivity contribution in [3.05, 3.63) is 53.8 Å². The lowest BCUT2D eigenvalue weighted by Gasteiger charge is -2.07. The first-order chi connectivity index (χ1) is 7.72. The van der Waals surface area contributed by atoms with Gasteiger partial charge in [-0.05, 0) is 19.9 Å². The average Bonchev–Trinajstić information content (AvgIpc) is 2.31. The van der Waals surface area contributed by atoms with E-state index in [9.17, 15) is 0 Å². The largest absolute Gasteiger partial charge is 0.494 e. The number of rotatable bonds is 4. The molecule has 0 N–H and O–H groups in total. The molecule has 0 aliphatic carbocycles. The van der Waals surface area contributed by atoms with Crippen molar-refractivity contribution in [2.45, 2.75) is 13.8 Å². The summed E-state index contributed by atoms with van der Waals surface area (Å²) >= 11 is 0. The zero-order chi connectivity index (χ0) is 12.0. The van der Waals surface area contributed by atoms with Crippen molar-refractivity contribution in [3.63, 3.8) is 0 Å². The lowest BCUT2D eigenvalue weighted by Crippen LogP contribution is -1.91. The number of allylic oxidation sites excluding steroid dienone is 1. The Balaban J connectivity index is 3.27. The topological polar surface area (TPSA) is 21.6 Å². The Hall–Kier alpha value is -1.83. The van der Waals surface area contributed by atoms with Gasteiger partial charge in [0.25, 0.3) is 0 Å². The normalized spacial score (nSPS) is 12.4. The van der Waals surface area contributed by atoms with Gasteiger partial charge in [-0.2, -0.15) is 0 Å². The van der Waals surface area contributed by atoms with E-state index in [2.05, 4.69) is 30.6 Å². The molecular formula is C14H17NO. The van der Waals surface area contributed by atoms with Crippen molar-refractivity contribution in [1.29, 1.82) is 0 Å². The van der Waals surface area contributed by atoms with Crippen LogP contribution in [0.2, 0.25) is 0 Å². The number of methoxy groups -OCH3 is 1. The van der Waals surface area contributed by atoms with E-state index >= 15 is 0 Å². The van der Waals surface area contributed by atoms with Crippen LogP contribution < -0.4 is 0 Å². The van der Waals surface area contributed by atoms with E-state index in [1.807, 2.05) is 19.1 Å². The molecule has 0 saturated carbocycles. The van der Waals surface area contributed by atoms with E-state index < -0.39 is 0 Å². The van der Waals surface area contributed by atoms with Gasteiger partial charge in [-0.25, -0.2) is 0 Å². The molecule has 0 heterocycles. The number of aryl methyl sites for hydroxylation is 1. The lowest BCUT2D eigenvalue weighted by atomic mass is 10.1. The van der Waals surface area contributed by atoms with Crippen LogP contribution in [0.3, 0.4) is 0 Å². The summed E-state index contributed by atoms with van der Waals surface area (Å²) in [6.45, 7) is 7.66. The number of nitrogens with zero attached hydrogens (tertiary/aromatic N) is 1. The van der Waals surface area contributed by atoms with Crippen molar-refractivity contribution in [2.24, 2.45) is 4.99 Å². The van der Waals surface area contributed by atoms with Crippen LogP contribution in [0.1, 0.15) is 18.1 Å². The van der Waals surface area contributed by atoms with Crippen LogP contribution in [-0.2, 0) is 4.74 Å². The van der Waals surface area contributed by atoms with Crippen LogP contribution in [0.5, 0.6) is 0 Å². The molecule has 16 heavy (non-hydrogen) atoms. The van der Waals surface area contributed by atoms with Gasteiger partial charge in [0, 0.05) is 11.8 Å². The van der Waals surface area contributed by atoms with Gasteiger partial charge in [0.05, 0.1) is 7.11 Å². The van der Waals surface area contributed by atoms with Crippen molar-refractivity contribution in [1.82, 2.24) is 0 Å². The Kier molecular flexibility index (Phi) is 4.52. The monoisotopic (exact) mass is 215 g/mol. The fraction of sp³-hybridized carbons (Fsp3) is 0.214. The zero-order valence-electron chi connectivity index (χ0n) is 10.0. The molecule has 84 valence electrons. The van der Waals surface area contributed by atoms with Gasteiger partial charge in [0.1, 0.15) is 11.5 Å². The fourth-order valence-electron chi connectivity index (χ4n) is 1.40. The van der Waals surface area contributed by atoms with E-state index in [0.29, 0.717) is 5.76 Å². The highest BCUT2D eigenvalue weighted by Gasteiger charge is 2.05. The van der Waals surface area contributed by atoms with E-state index in [1.165, 1.54) is 5.56 Å². The number of hydrogen-bond acceptors (Lipinski definition) is 2. The Morgan fingerprint density at radius 1 is 1.31 bits per heavy atom. The molecule has 0 aromatic heterocycles. The van der Waals surface area contributed by atoms with E-state index in [1.54, 1.807) is 19.4 Å². The van der Waals surface area contributed by atoms with Crippen molar-refractivity contribution < 1.29 is 4.74 Å². The minimum Gasteiger partial charge on any atom is -0.494 e. The second kappa shape index (κ2) is 5.91. The first kappa shape index (κ1) is 12.2. The molecule has 2 nitrogen and oxygen atoms in total. The molecular weight excluding hydrogens is 198 g/mol. The second-order valence-corrected chi connectivity index (χ2v) is 3.37. The van der Waals surface area contributed by atoms with Crippen molar-refractivity contribution >= 4 is 11.9 Å². The number of hydrogen-bond donors (Lipinski definition) is 0. The quantitative estimate of drug-likeness (QED) is 0.427. The summed E-state index contributed by atoms with van der Waals surface area (Å²) in [5.41, 5.74) is 3.06. The van der Waals surface area contributed by atoms with Gasteiger partial charge < -0.3 is 4.74 Å². The molecule has 0 aliphatic heterocycles. The average molecular weight is 215 g/mol. The summed E-state index contributed by atoms with van der Waals surface area (Å²) in [4.78, 5) is 4.32. The number of ether oxygens (including phenoxy) is 1. The van der Waals surface area contributed by atoms with E-state index in [4.69, 9.17) is 4.74 Å². The SMILES string of the molecule is C=CC(OC)=C(N=CC)c1ccc(C)cc1. The molecule has 1 aromatic carbocycles. The van der Waals surface area contributed by atoms with Gasteiger partial charge >= 0.3 is 0 Å². The molecule has 0 aliphatic rings. The highest BCUT2D eigenvalue weighted by molar-refractivity contribution is 5.75. The number of aliphatic imine (C=N–C) groups is 1. The summed E-state index contributed by atoms with van der Waals surface area (Å²) < 4.78 is 5.25. The minimum atomic E-state index is 0.682. The second-order valence-electron chi connectivity index (χ2n) is 3.37. The maximum absolute atomic E-state index is 5.25. The molecule has 2 heteroatoms. The Labute approximate surface area is 97.0 Å². The molecule has 0 bridgehead atoms. The van der Waals surface area contributed by atoms with Crippen molar-refractivity contribution in [2.75, 3.05) is 7.11 Å². The van der Waals surface area contributed by atoms with Crippen LogP contribution in [0.25, 0.3) is 5.70 Å². The van der Waals surface area contributed by atoms with Gasteiger partial charge in [-0.1, -0.05) is 36.4 Å². The van der Waals surface area contributed by atoms with Crippen LogP contribution >= 0.6 is 0 Å². The Bertz CT molecular complexity index is 413. The smallest absolute Gasteiger partial charge is 0.144 e. The van der Waals surface area contributed by atoms with Crippen LogP contribution in [0.4, 0.5) is 0 Å². The summed E-state index contributed by atoms with van der Waals surface area (Å²) in [6.07, 6.45) is 3.42. The molecule has 0 amide bonds. The predicted molar refractivity (Wildman–Crippen MR) is 69.5 cm³/mol.